The number of ether oxygens (including phenoxy) is 1. The maximum Gasteiger partial charge on any atom is 0.341 e. The largest absolute Gasteiger partial charge is 0.456 e. The number of amides is 2. The molecule has 3 heterocycles. The Hall–Kier alpha value is -2.84. The van der Waals surface area contributed by atoms with Crippen LogP contribution in [0.15, 0.2) is 41.2 Å². The van der Waals surface area contributed by atoms with Gasteiger partial charge in [0.05, 0.1) is 5.56 Å². The highest BCUT2D eigenvalue weighted by Crippen LogP contribution is 2.40. The van der Waals surface area contributed by atoms with Gasteiger partial charge in [-0.05, 0) is 108 Å². The predicted octanol–water partition coefficient (Wildman–Crippen LogP) is 7.50. The molecule has 2 aromatic heterocycles. The van der Waals surface area contributed by atoms with Gasteiger partial charge in [-0.2, -0.15) is 0 Å². The number of hydrogen-bond acceptors (Lipinski definition) is 5. The van der Waals surface area contributed by atoms with Crippen LogP contribution in [-0.4, -0.2) is 53.8 Å². The van der Waals surface area contributed by atoms with E-state index in [4.69, 9.17) is 4.74 Å². The van der Waals surface area contributed by atoms with Gasteiger partial charge < -0.3 is 19.5 Å². The Bertz CT molecular complexity index is 1300. The van der Waals surface area contributed by atoms with Crippen molar-refractivity contribution in [3.8, 4) is 0 Å². The third-order valence-electron chi connectivity index (χ3n) is 8.02. The van der Waals surface area contributed by atoms with Gasteiger partial charge in [-0.1, -0.05) is 25.8 Å². The molecule has 0 saturated carbocycles. The lowest BCUT2D eigenvalue weighted by atomic mass is 9.88. The van der Waals surface area contributed by atoms with Crippen molar-refractivity contribution in [2.45, 2.75) is 92.1 Å². The van der Waals surface area contributed by atoms with Crippen LogP contribution in [0.25, 0.3) is 5.70 Å². The first-order valence-corrected chi connectivity index (χ1v) is 15.9. The van der Waals surface area contributed by atoms with Gasteiger partial charge in [-0.25, -0.2) is 9.59 Å². The highest BCUT2D eigenvalue weighted by molar-refractivity contribution is 7.17. The van der Waals surface area contributed by atoms with E-state index in [-0.39, 0.29) is 12.0 Å². The van der Waals surface area contributed by atoms with Crippen LogP contribution < -0.4 is 10.6 Å². The smallest absolute Gasteiger partial charge is 0.341 e. The molecule has 1 aliphatic carbocycles. The Balaban J connectivity index is 1.60. The number of nitrogens with one attached hydrogen (secondary N) is 2. The molecule has 8 heteroatoms. The number of carbonyl (C=O) groups excluding carboxylic acids is 2. The molecule has 224 valence electrons. The van der Waals surface area contributed by atoms with Crippen molar-refractivity contribution in [1.82, 2.24) is 14.8 Å². The van der Waals surface area contributed by atoms with Gasteiger partial charge in [0, 0.05) is 42.6 Å². The molecular formula is C33H48N4O3S. The lowest BCUT2D eigenvalue weighted by molar-refractivity contribution is 0.00697. The number of hydrogen-bond donors (Lipinski definition) is 2. The van der Waals surface area contributed by atoms with E-state index < -0.39 is 5.60 Å². The molecular weight excluding hydrogens is 532 g/mol. The molecule has 1 unspecified atom stereocenters. The fourth-order valence-electron chi connectivity index (χ4n) is 5.83. The zero-order valence-corrected chi connectivity index (χ0v) is 26.8. The number of likely N-dealkylation sites (N-methyl/N-ethyl adjacent to an activating group) is 1. The first-order valence-electron chi connectivity index (χ1n) is 15.1. The zero-order chi connectivity index (χ0) is 29.7. The maximum absolute atomic E-state index is 13.4. The summed E-state index contributed by atoms with van der Waals surface area (Å²) in [6, 6.07) is 3.75. The fourth-order valence-corrected chi connectivity index (χ4v) is 7.22. The quantitative estimate of drug-likeness (QED) is 0.301. The second-order valence-electron chi connectivity index (χ2n) is 12.7. The van der Waals surface area contributed by atoms with Crippen LogP contribution in [0.3, 0.4) is 0 Å². The van der Waals surface area contributed by atoms with Crippen molar-refractivity contribution >= 4 is 34.0 Å². The Morgan fingerprint density at radius 1 is 1.17 bits per heavy atom. The van der Waals surface area contributed by atoms with Gasteiger partial charge in [-0.3, -0.25) is 5.32 Å². The van der Waals surface area contributed by atoms with Gasteiger partial charge in [0.2, 0.25) is 0 Å². The summed E-state index contributed by atoms with van der Waals surface area (Å²) in [5.74, 6) is 0.198. The van der Waals surface area contributed by atoms with Crippen LogP contribution in [-0.2, 0) is 17.6 Å². The minimum absolute atomic E-state index is 0.303. The van der Waals surface area contributed by atoms with E-state index in [1.54, 1.807) is 0 Å². The second-order valence-corrected chi connectivity index (χ2v) is 13.8. The van der Waals surface area contributed by atoms with Crippen molar-refractivity contribution < 1.29 is 14.3 Å². The highest BCUT2D eigenvalue weighted by Gasteiger charge is 2.31. The van der Waals surface area contributed by atoms with Crippen LogP contribution in [0.4, 0.5) is 9.80 Å². The maximum atomic E-state index is 13.4. The van der Waals surface area contributed by atoms with Crippen molar-refractivity contribution in [3.63, 3.8) is 0 Å². The molecule has 2 amide bonds. The summed E-state index contributed by atoms with van der Waals surface area (Å²) in [5.41, 5.74) is 6.09. The third-order valence-corrected chi connectivity index (χ3v) is 9.19. The number of nitrogens with zero attached hydrogens (tertiary/aromatic N) is 2. The van der Waals surface area contributed by atoms with Crippen LogP contribution in [0.5, 0.6) is 0 Å². The Labute approximate surface area is 250 Å². The van der Waals surface area contributed by atoms with Crippen LogP contribution in [0.2, 0.25) is 0 Å². The second kappa shape index (κ2) is 13.4. The number of aromatic nitrogens is 1. The molecule has 0 saturated heterocycles. The van der Waals surface area contributed by atoms with E-state index in [0.717, 1.165) is 69.3 Å². The number of carbonyl (C=O) groups is 2. The van der Waals surface area contributed by atoms with Gasteiger partial charge >= 0.3 is 12.0 Å². The first-order chi connectivity index (χ1) is 19.5. The monoisotopic (exact) mass is 580 g/mol. The highest BCUT2D eigenvalue weighted by atomic mass is 32.1. The van der Waals surface area contributed by atoms with Crippen LogP contribution in [0.1, 0.15) is 94.4 Å². The minimum Gasteiger partial charge on any atom is -0.456 e. The molecule has 1 aliphatic heterocycles. The number of allylic oxidation sites excluding steroid dienone is 1. The fraction of sp³-hybridized carbons (Fsp3) is 0.576. The van der Waals surface area contributed by atoms with E-state index in [2.05, 4.69) is 60.3 Å². The average Bonchev–Trinajstić information content (AvgIpc) is 3.55. The van der Waals surface area contributed by atoms with E-state index >= 15 is 0 Å². The number of anilines is 1. The zero-order valence-electron chi connectivity index (χ0n) is 26.0. The molecule has 0 fully saturated rings. The summed E-state index contributed by atoms with van der Waals surface area (Å²) >= 11 is 1.52. The van der Waals surface area contributed by atoms with Crippen LogP contribution in [0, 0.1) is 5.92 Å². The number of unbranched alkanes of at least 4 members (excludes halogenated alkanes) is 1. The lowest BCUT2D eigenvalue weighted by Gasteiger charge is -2.30. The van der Waals surface area contributed by atoms with Crippen molar-refractivity contribution in [1.29, 1.82) is 0 Å². The summed E-state index contributed by atoms with van der Waals surface area (Å²) in [6.07, 6.45) is 11.2. The van der Waals surface area contributed by atoms with Crippen LogP contribution >= 0.6 is 11.3 Å². The van der Waals surface area contributed by atoms with Crippen molar-refractivity contribution in [3.05, 3.63) is 57.2 Å². The average molecular weight is 581 g/mol. The standard InChI is InChI=1S/C33H48N4O3S/c1-8-9-12-24-21-36(7)18-15-25(24)27(23(3)37-16-10-11-17-37)20-34-32(39)35-30-29(31(38)40-33(4,5)6)26-14-13-22(2)19-28(26)41-30/h10-11,16-17,22H,8-9,12-15,18-21H2,1-7H3,(H2,34,35,39)/b27-23+. The molecule has 2 N–H and O–H groups in total. The Morgan fingerprint density at radius 3 is 2.59 bits per heavy atom. The van der Waals surface area contributed by atoms with E-state index in [1.807, 2.05) is 32.9 Å². The van der Waals surface area contributed by atoms with Crippen molar-refractivity contribution in [2.24, 2.45) is 5.92 Å². The number of fused-ring (bicyclic) bond motifs is 1. The van der Waals surface area contributed by atoms with Gasteiger partial charge in [-0.15, -0.1) is 11.3 Å². The SMILES string of the molecule is CCCCC1=C(/C(CNC(=O)Nc2sc3c(c2C(=O)OC(C)(C)C)CCC(C)C3)=C(\C)n2cccc2)CCN(C)C1. The van der Waals surface area contributed by atoms with E-state index in [9.17, 15) is 9.59 Å². The van der Waals surface area contributed by atoms with Crippen molar-refractivity contribution in [2.75, 3.05) is 32.0 Å². The third kappa shape index (κ3) is 7.92. The molecule has 0 spiro atoms. The molecule has 0 radical (unpaired) electrons. The number of rotatable bonds is 9. The minimum atomic E-state index is -0.611. The summed E-state index contributed by atoms with van der Waals surface area (Å²) in [4.78, 5) is 30.3. The molecule has 2 aromatic rings. The number of urea groups is 1. The normalized spacial score (nSPS) is 18.6. The topological polar surface area (TPSA) is 75.6 Å². The molecule has 7 nitrogen and oxygen atoms in total. The summed E-state index contributed by atoms with van der Waals surface area (Å²) < 4.78 is 7.91. The molecule has 0 aromatic carbocycles. The van der Waals surface area contributed by atoms with E-state index in [1.165, 1.54) is 32.9 Å². The van der Waals surface area contributed by atoms with Gasteiger partial charge in [0.1, 0.15) is 10.6 Å². The van der Waals surface area contributed by atoms with Gasteiger partial charge in [0.15, 0.2) is 0 Å². The molecule has 1 atom stereocenters. The molecule has 2 aliphatic rings. The summed E-state index contributed by atoms with van der Waals surface area (Å²) in [5, 5.41) is 6.78. The molecule has 4 rings (SSSR count). The van der Waals surface area contributed by atoms with Gasteiger partial charge in [0.25, 0.3) is 0 Å². The predicted molar refractivity (Wildman–Crippen MR) is 170 cm³/mol. The van der Waals surface area contributed by atoms with E-state index in [0.29, 0.717) is 23.0 Å². The Morgan fingerprint density at radius 2 is 1.90 bits per heavy atom. The Kier molecular flexibility index (Phi) is 10.2. The number of esters is 1. The summed E-state index contributed by atoms with van der Waals surface area (Å²) in [7, 11) is 2.18. The molecule has 41 heavy (non-hydrogen) atoms. The number of thiophene rings is 1. The molecule has 0 bridgehead atoms. The lowest BCUT2D eigenvalue weighted by Crippen LogP contribution is -2.34. The first kappa shape index (κ1) is 31.1. The summed E-state index contributed by atoms with van der Waals surface area (Å²) in [6.45, 7) is 14.6.